The third kappa shape index (κ3) is 2.23. The Morgan fingerprint density at radius 3 is 2.00 bits per heavy atom. The van der Waals surface area contributed by atoms with Crippen molar-refractivity contribution in [2.24, 2.45) is 0 Å². The molecule has 0 aromatic carbocycles. The molecule has 1 atom stereocenters. The summed E-state index contributed by atoms with van der Waals surface area (Å²) in [5.74, 6) is 3.16. The van der Waals surface area contributed by atoms with Crippen LogP contribution in [0.25, 0.3) is 0 Å². The SMILES string of the molecule is [B]/C=C\P. The van der Waals surface area contributed by atoms with E-state index in [1.807, 2.05) is 0 Å². The highest BCUT2D eigenvalue weighted by molar-refractivity contribution is 7.20. The average molecular weight is 69.8 g/mol. The van der Waals surface area contributed by atoms with Crippen LogP contribution < -0.4 is 0 Å². The first-order chi connectivity index (χ1) is 1.91. The summed E-state index contributed by atoms with van der Waals surface area (Å²) in [5, 5.41) is 0. The van der Waals surface area contributed by atoms with Crippen molar-refractivity contribution in [3.8, 4) is 0 Å². The van der Waals surface area contributed by atoms with E-state index in [1.54, 1.807) is 5.82 Å². The van der Waals surface area contributed by atoms with Crippen LogP contribution in [0.2, 0.25) is 0 Å². The van der Waals surface area contributed by atoms with Crippen molar-refractivity contribution in [1.82, 2.24) is 0 Å². The van der Waals surface area contributed by atoms with Crippen LogP contribution in [0.5, 0.6) is 0 Å². The van der Waals surface area contributed by atoms with Crippen LogP contribution in [0.1, 0.15) is 0 Å². The Morgan fingerprint density at radius 1 is 1.75 bits per heavy atom. The van der Waals surface area contributed by atoms with Gasteiger partial charge in [-0.05, 0) is 0 Å². The van der Waals surface area contributed by atoms with Crippen LogP contribution in [0.4, 0.5) is 0 Å². The van der Waals surface area contributed by atoms with Crippen molar-refractivity contribution in [3.05, 3.63) is 11.8 Å². The van der Waals surface area contributed by atoms with Gasteiger partial charge in [-0.2, -0.15) is 0 Å². The molecule has 2 heteroatoms. The fourth-order valence-electron chi connectivity index (χ4n) is 0. The van der Waals surface area contributed by atoms with Gasteiger partial charge in [0.15, 0.2) is 0 Å². The molecule has 0 spiro atoms. The van der Waals surface area contributed by atoms with Gasteiger partial charge in [-0.15, -0.1) is 15.2 Å². The summed E-state index contributed by atoms with van der Waals surface area (Å²) in [6, 6.07) is 0. The van der Waals surface area contributed by atoms with Gasteiger partial charge in [-0.25, -0.2) is 0 Å². The zero-order valence-electron chi connectivity index (χ0n) is 2.31. The van der Waals surface area contributed by atoms with Crippen LogP contribution in [0, 0.1) is 0 Å². The Labute approximate surface area is 29.9 Å². The molecule has 0 bridgehead atoms. The minimum absolute atomic E-state index is 1.46. The Bertz CT molecular complexity index is 21.2. The molecule has 0 saturated carbocycles. The Hall–Kier alpha value is 0.235. The summed E-state index contributed by atoms with van der Waals surface area (Å²) < 4.78 is 0. The van der Waals surface area contributed by atoms with E-state index in [9.17, 15) is 0 Å². The zero-order valence-corrected chi connectivity index (χ0v) is 3.46. The molecule has 2 radical (unpaired) electrons. The van der Waals surface area contributed by atoms with E-state index in [4.69, 9.17) is 7.85 Å². The molecule has 0 aliphatic carbocycles. The van der Waals surface area contributed by atoms with Gasteiger partial charge in [0.1, 0.15) is 7.85 Å². The molecule has 4 heavy (non-hydrogen) atoms. The van der Waals surface area contributed by atoms with Gasteiger partial charge in [0.05, 0.1) is 0 Å². The fourth-order valence-corrected chi connectivity index (χ4v) is 0. The molecule has 0 saturated heterocycles. The monoisotopic (exact) mass is 70.0 g/mol. The molecule has 20 valence electrons. The van der Waals surface area contributed by atoms with E-state index in [1.165, 1.54) is 5.98 Å². The van der Waals surface area contributed by atoms with Crippen molar-refractivity contribution < 1.29 is 0 Å². The minimum atomic E-state index is 1.46. The van der Waals surface area contributed by atoms with Gasteiger partial charge in [0.2, 0.25) is 0 Å². The molecule has 0 amide bonds. The molecule has 0 aromatic heterocycles. The highest BCUT2D eigenvalue weighted by Crippen LogP contribution is 1.74. The molecule has 0 aliphatic rings. The quantitative estimate of drug-likeness (QED) is 0.287. The number of hydrogen-bond acceptors (Lipinski definition) is 0. The first-order valence-corrected chi connectivity index (χ1v) is 1.67. The summed E-state index contributed by atoms with van der Waals surface area (Å²) in [7, 11) is 7.18. The molecule has 0 aliphatic heterocycles. The van der Waals surface area contributed by atoms with E-state index in [2.05, 4.69) is 9.24 Å². The highest BCUT2D eigenvalue weighted by Gasteiger charge is 1.35. The van der Waals surface area contributed by atoms with Crippen molar-refractivity contribution in [2.45, 2.75) is 0 Å². The van der Waals surface area contributed by atoms with Gasteiger partial charge in [-0.1, -0.05) is 5.82 Å². The maximum atomic E-state index is 4.83. The standard InChI is InChI=1S/C2H4BP/c3-1-2-4/h1-2H,4H2/b2-1-. The second kappa shape index (κ2) is 3.23. The summed E-state index contributed by atoms with van der Waals surface area (Å²) in [6.07, 6.45) is 0. The average Bonchev–Trinajstić information content (AvgIpc) is 1.37. The Kier molecular flexibility index (Phi) is 3.42. The molecule has 1 unspecified atom stereocenters. The van der Waals surface area contributed by atoms with E-state index in [0.29, 0.717) is 0 Å². The highest BCUT2D eigenvalue weighted by atomic mass is 31.0. The molecule has 0 nitrogen and oxygen atoms in total. The smallest absolute Gasteiger partial charge is 0.102 e. The van der Waals surface area contributed by atoms with Crippen molar-refractivity contribution in [2.75, 3.05) is 0 Å². The molecule has 0 rings (SSSR count). The molecule has 0 N–H and O–H groups in total. The predicted octanol–water partition coefficient (Wildman–Crippen LogP) is 0.501. The van der Waals surface area contributed by atoms with Crippen molar-refractivity contribution in [1.29, 1.82) is 0 Å². The normalized spacial score (nSPS) is 9.25. The number of hydrogen-bond donors (Lipinski definition) is 0. The second-order valence-corrected chi connectivity index (χ2v) is 0.770. The Balaban J connectivity index is 2.55. The lowest BCUT2D eigenvalue weighted by Gasteiger charge is -1.49. The van der Waals surface area contributed by atoms with Crippen LogP contribution in [-0.4, -0.2) is 7.85 Å². The van der Waals surface area contributed by atoms with Crippen LogP contribution >= 0.6 is 9.24 Å². The van der Waals surface area contributed by atoms with Crippen molar-refractivity contribution in [3.63, 3.8) is 0 Å². The first kappa shape index (κ1) is 4.23. The topological polar surface area (TPSA) is 0 Å². The lowest BCUT2D eigenvalue weighted by Crippen LogP contribution is -1.35. The van der Waals surface area contributed by atoms with Gasteiger partial charge in [0, 0.05) is 0 Å². The van der Waals surface area contributed by atoms with E-state index in [-0.39, 0.29) is 0 Å². The molecule has 0 aromatic rings. The van der Waals surface area contributed by atoms with Crippen LogP contribution in [0.15, 0.2) is 11.8 Å². The largest absolute Gasteiger partial charge is 0.132 e. The van der Waals surface area contributed by atoms with E-state index < -0.39 is 0 Å². The van der Waals surface area contributed by atoms with E-state index >= 15 is 0 Å². The van der Waals surface area contributed by atoms with Crippen molar-refractivity contribution >= 4 is 17.1 Å². The second-order valence-electron chi connectivity index (χ2n) is 0.385. The maximum Gasteiger partial charge on any atom is 0.102 e. The van der Waals surface area contributed by atoms with Gasteiger partial charge < -0.3 is 0 Å². The first-order valence-electron chi connectivity index (χ1n) is 1.00. The lowest BCUT2D eigenvalue weighted by molar-refractivity contribution is 2.54. The van der Waals surface area contributed by atoms with E-state index in [0.717, 1.165) is 0 Å². The molecular weight excluding hydrogens is 65.8 g/mol. The van der Waals surface area contributed by atoms with Crippen LogP contribution in [0.3, 0.4) is 0 Å². The predicted molar refractivity (Wildman–Crippen MR) is 24.6 cm³/mol. The van der Waals surface area contributed by atoms with Crippen LogP contribution in [-0.2, 0) is 0 Å². The minimum Gasteiger partial charge on any atom is -0.132 e. The third-order valence-corrected chi connectivity index (χ3v) is 0.333. The molecular formula is C2H4BP. The molecule has 0 heterocycles. The van der Waals surface area contributed by atoms with Gasteiger partial charge in [-0.3, -0.25) is 0 Å². The maximum absolute atomic E-state index is 4.83. The summed E-state index contributed by atoms with van der Waals surface area (Å²) >= 11 is 0. The number of rotatable bonds is 0. The third-order valence-electron chi connectivity index (χ3n) is 0.111. The van der Waals surface area contributed by atoms with Gasteiger partial charge >= 0.3 is 0 Å². The summed E-state index contributed by atoms with van der Waals surface area (Å²) in [5.41, 5.74) is 0. The molecule has 0 fully saturated rings. The Morgan fingerprint density at radius 2 is 2.00 bits per heavy atom. The zero-order chi connectivity index (χ0) is 3.41. The fraction of sp³-hybridized carbons (Fsp3) is 0. The van der Waals surface area contributed by atoms with Gasteiger partial charge in [0.25, 0.3) is 0 Å². The summed E-state index contributed by atoms with van der Waals surface area (Å²) in [4.78, 5) is 0. The summed E-state index contributed by atoms with van der Waals surface area (Å²) in [6.45, 7) is 0. The lowest BCUT2D eigenvalue weighted by atomic mass is 10.2.